The Bertz CT molecular complexity index is 480. The number of aromatic nitrogens is 2. The topological polar surface area (TPSA) is 105 Å². The minimum atomic E-state index is -1.18. The van der Waals surface area contributed by atoms with Gasteiger partial charge in [-0.15, -0.1) is 0 Å². The summed E-state index contributed by atoms with van der Waals surface area (Å²) in [6.45, 7) is -0.392. The molecule has 1 saturated heterocycles. The average Bonchev–Trinajstić information content (AvgIpc) is 2.66. The van der Waals surface area contributed by atoms with Crippen molar-refractivity contribution in [2.75, 3.05) is 12.9 Å². The number of hydrogen-bond acceptors (Lipinski definition) is 7. The van der Waals surface area contributed by atoms with E-state index in [-0.39, 0.29) is 5.56 Å². The van der Waals surface area contributed by atoms with E-state index < -0.39 is 31.1 Å². The third-order valence-electron chi connectivity index (χ3n) is 2.78. The minimum absolute atomic E-state index is 0.373. The number of rotatable bonds is 3. The quantitative estimate of drug-likeness (QED) is 0.459. The summed E-state index contributed by atoms with van der Waals surface area (Å²) in [5, 5.41) is 28.9. The van der Waals surface area contributed by atoms with E-state index in [0.717, 1.165) is 0 Å². The van der Waals surface area contributed by atoms with Crippen LogP contribution in [0, 0.1) is 0 Å². The predicted molar refractivity (Wildman–Crippen MR) is 63.3 cm³/mol. The molecule has 0 aliphatic carbocycles. The second-order valence-electron chi connectivity index (χ2n) is 3.89. The summed E-state index contributed by atoms with van der Waals surface area (Å²) in [5.41, 5.74) is -0.387. The van der Waals surface area contributed by atoms with Gasteiger partial charge in [-0.3, -0.25) is 9.36 Å². The van der Waals surface area contributed by atoms with Gasteiger partial charge in [-0.2, -0.15) is 4.98 Å². The Morgan fingerprint density at radius 2 is 2.22 bits per heavy atom. The van der Waals surface area contributed by atoms with Crippen molar-refractivity contribution in [3.05, 3.63) is 22.6 Å². The monoisotopic (exact) mass is 274 g/mol. The summed E-state index contributed by atoms with van der Waals surface area (Å²) >= 11 is 1.23. The van der Waals surface area contributed by atoms with Crippen LogP contribution in [0.5, 0.6) is 0 Å². The highest BCUT2D eigenvalue weighted by atomic mass is 32.2. The van der Waals surface area contributed by atoms with Crippen molar-refractivity contribution in [3.8, 4) is 0 Å². The van der Waals surface area contributed by atoms with Crippen LogP contribution in [0.4, 0.5) is 0 Å². The van der Waals surface area contributed by atoms with E-state index in [0.29, 0.717) is 5.16 Å². The fourth-order valence-corrected chi connectivity index (χ4v) is 2.41. The van der Waals surface area contributed by atoms with Crippen LogP contribution in [0.15, 0.2) is 22.2 Å². The molecular weight excluding hydrogens is 260 g/mol. The van der Waals surface area contributed by atoms with Crippen LogP contribution in [-0.2, 0) is 4.74 Å². The van der Waals surface area contributed by atoms with Gasteiger partial charge in [-0.05, 0) is 6.26 Å². The van der Waals surface area contributed by atoms with Crippen LogP contribution in [0.3, 0.4) is 0 Å². The van der Waals surface area contributed by atoms with Crippen LogP contribution in [-0.4, -0.2) is 56.0 Å². The number of thioether (sulfide) groups is 1. The van der Waals surface area contributed by atoms with E-state index in [4.69, 9.17) is 9.84 Å². The molecule has 0 aromatic carbocycles. The molecule has 0 amide bonds. The fourth-order valence-electron chi connectivity index (χ4n) is 1.85. The Morgan fingerprint density at radius 3 is 2.78 bits per heavy atom. The molecule has 0 unspecified atom stereocenters. The number of ether oxygens (including phenoxy) is 1. The van der Waals surface area contributed by atoms with Gasteiger partial charge in [0.05, 0.1) is 6.61 Å². The molecule has 0 saturated carbocycles. The first-order chi connectivity index (χ1) is 8.58. The summed E-state index contributed by atoms with van der Waals surface area (Å²) in [4.78, 5) is 14.9. The van der Waals surface area contributed by atoms with Gasteiger partial charge >= 0.3 is 0 Å². The SMILES string of the molecule is CSc1nc(=O)ccn1[C@@H]1O[C@H](CO)[C@@H](O)[C@H]1O. The van der Waals surface area contributed by atoms with E-state index in [2.05, 4.69) is 4.98 Å². The van der Waals surface area contributed by atoms with Crippen LogP contribution in [0.2, 0.25) is 0 Å². The molecule has 7 nitrogen and oxygen atoms in total. The fraction of sp³-hybridized carbons (Fsp3) is 0.600. The molecule has 3 N–H and O–H groups in total. The van der Waals surface area contributed by atoms with Gasteiger partial charge in [0.25, 0.3) is 5.56 Å². The van der Waals surface area contributed by atoms with Gasteiger partial charge in [-0.25, -0.2) is 0 Å². The highest BCUT2D eigenvalue weighted by Crippen LogP contribution is 2.31. The van der Waals surface area contributed by atoms with Crippen LogP contribution >= 0.6 is 11.8 Å². The number of aliphatic hydroxyl groups is 3. The highest BCUT2D eigenvalue weighted by Gasteiger charge is 2.43. The Balaban J connectivity index is 2.35. The molecule has 1 aromatic rings. The molecule has 0 radical (unpaired) electrons. The van der Waals surface area contributed by atoms with Crippen molar-refractivity contribution >= 4 is 11.8 Å². The Kier molecular flexibility index (Phi) is 4.03. The third-order valence-corrected chi connectivity index (χ3v) is 3.45. The van der Waals surface area contributed by atoms with Gasteiger partial charge in [0.1, 0.15) is 18.3 Å². The number of aliphatic hydroxyl groups excluding tert-OH is 3. The normalized spacial score (nSPS) is 31.8. The summed E-state index contributed by atoms with van der Waals surface area (Å²) in [7, 11) is 0. The van der Waals surface area contributed by atoms with Crippen LogP contribution < -0.4 is 5.56 Å². The van der Waals surface area contributed by atoms with Gasteiger partial charge in [-0.1, -0.05) is 11.8 Å². The Labute approximate surface area is 107 Å². The Hall–Kier alpha value is -0.930. The van der Waals surface area contributed by atoms with Gasteiger partial charge in [0.2, 0.25) is 0 Å². The summed E-state index contributed by atoms with van der Waals surface area (Å²) in [5.74, 6) is 0. The van der Waals surface area contributed by atoms with Gasteiger partial charge < -0.3 is 20.1 Å². The molecule has 0 spiro atoms. The van der Waals surface area contributed by atoms with Crippen molar-refractivity contribution in [2.45, 2.75) is 29.7 Å². The average molecular weight is 274 g/mol. The zero-order chi connectivity index (χ0) is 13.3. The lowest BCUT2D eigenvalue weighted by atomic mass is 10.1. The number of nitrogens with zero attached hydrogens (tertiary/aromatic N) is 2. The molecule has 2 rings (SSSR count). The van der Waals surface area contributed by atoms with E-state index in [9.17, 15) is 15.0 Å². The van der Waals surface area contributed by atoms with Crippen LogP contribution in [0.25, 0.3) is 0 Å². The maximum atomic E-state index is 11.2. The molecule has 1 aliphatic rings. The second kappa shape index (κ2) is 5.37. The van der Waals surface area contributed by atoms with E-state index in [1.54, 1.807) is 6.26 Å². The molecule has 1 aromatic heterocycles. The second-order valence-corrected chi connectivity index (χ2v) is 4.66. The largest absolute Gasteiger partial charge is 0.394 e. The molecule has 0 bridgehead atoms. The van der Waals surface area contributed by atoms with Crippen molar-refractivity contribution in [3.63, 3.8) is 0 Å². The highest BCUT2D eigenvalue weighted by molar-refractivity contribution is 7.98. The van der Waals surface area contributed by atoms with E-state index in [1.807, 2.05) is 0 Å². The summed E-state index contributed by atoms with van der Waals surface area (Å²) in [6, 6.07) is 1.24. The van der Waals surface area contributed by atoms with Crippen molar-refractivity contribution in [2.24, 2.45) is 0 Å². The molecule has 2 heterocycles. The molecule has 100 valence electrons. The zero-order valence-corrected chi connectivity index (χ0v) is 10.4. The molecular formula is C10H14N2O5S. The van der Waals surface area contributed by atoms with Gasteiger partial charge in [0, 0.05) is 12.3 Å². The lowest BCUT2D eigenvalue weighted by Crippen LogP contribution is -2.33. The first-order valence-corrected chi connectivity index (χ1v) is 6.56. The molecule has 1 aliphatic heterocycles. The molecule has 8 heteroatoms. The summed E-state index contributed by atoms with van der Waals surface area (Å²) in [6.07, 6.45) is -0.889. The lowest BCUT2D eigenvalue weighted by Gasteiger charge is -2.20. The van der Waals surface area contributed by atoms with E-state index >= 15 is 0 Å². The summed E-state index contributed by atoms with van der Waals surface area (Å²) < 4.78 is 6.83. The third kappa shape index (κ3) is 2.29. The number of hydrogen-bond donors (Lipinski definition) is 3. The van der Waals surface area contributed by atoms with Crippen molar-refractivity contribution in [1.29, 1.82) is 0 Å². The van der Waals surface area contributed by atoms with Crippen LogP contribution in [0.1, 0.15) is 6.23 Å². The molecule has 18 heavy (non-hydrogen) atoms. The minimum Gasteiger partial charge on any atom is -0.394 e. The standard InChI is InChI=1S/C10H14N2O5S/c1-18-10-11-6(14)2-3-12(10)9-8(16)7(15)5(4-13)17-9/h2-3,5,7-9,13,15-16H,4H2,1H3/t5-,7-,8-,9-/m1/s1. The van der Waals surface area contributed by atoms with E-state index in [1.165, 1.54) is 28.6 Å². The molecule has 1 fully saturated rings. The molecule has 4 atom stereocenters. The first-order valence-electron chi connectivity index (χ1n) is 5.34. The smallest absolute Gasteiger partial charge is 0.273 e. The maximum absolute atomic E-state index is 11.2. The van der Waals surface area contributed by atoms with Crippen molar-refractivity contribution in [1.82, 2.24) is 9.55 Å². The van der Waals surface area contributed by atoms with Gasteiger partial charge in [0.15, 0.2) is 11.4 Å². The predicted octanol–water partition coefficient (Wildman–Crippen LogP) is -1.42. The maximum Gasteiger partial charge on any atom is 0.273 e. The van der Waals surface area contributed by atoms with Crippen molar-refractivity contribution < 1.29 is 20.1 Å². The lowest BCUT2D eigenvalue weighted by molar-refractivity contribution is -0.0576. The Morgan fingerprint density at radius 1 is 1.50 bits per heavy atom. The first kappa shape index (κ1) is 13.5. The zero-order valence-electron chi connectivity index (χ0n) is 9.63.